The highest BCUT2D eigenvalue weighted by Gasteiger charge is 2.44. The van der Waals surface area contributed by atoms with Crippen molar-refractivity contribution < 1.29 is 29.1 Å². The van der Waals surface area contributed by atoms with Crippen molar-refractivity contribution in [2.75, 3.05) is 17.2 Å². The zero-order valence-corrected chi connectivity index (χ0v) is 41.2. The van der Waals surface area contributed by atoms with Gasteiger partial charge in [0.1, 0.15) is 29.2 Å². The number of pyridine rings is 3. The maximum absolute atomic E-state index is 14.1. The Labute approximate surface area is 408 Å². The highest BCUT2D eigenvalue weighted by atomic mass is 32.1. The molecule has 15 heteroatoms. The molecule has 3 atom stereocenters. The molecule has 3 fully saturated rings. The number of hydrogen-bond donors (Lipinski definition) is 4. The average molecular weight is 955 g/mol. The Morgan fingerprint density at radius 3 is 2.38 bits per heavy atom. The summed E-state index contributed by atoms with van der Waals surface area (Å²) in [5, 5.41) is 21.4. The molecule has 1 aromatic carbocycles. The molecule has 8 rings (SSSR count). The first-order valence-corrected chi connectivity index (χ1v) is 25.6. The third-order valence-electron chi connectivity index (χ3n) is 14.1. The number of aliphatic hydroxyl groups excluding tert-OH is 1. The highest BCUT2D eigenvalue weighted by Crippen LogP contribution is 2.37. The molecule has 2 saturated carbocycles. The Kier molecular flexibility index (Phi) is 15.9. The average Bonchev–Trinajstić information content (AvgIpc) is 3.90. The van der Waals surface area contributed by atoms with Gasteiger partial charge in [0, 0.05) is 93.1 Å². The van der Waals surface area contributed by atoms with Crippen molar-refractivity contribution in [3.8, 4) is 10.4 Å². The number of β-amino-alcohol motifs (C(OH)–C–C–N with tert-alkyl or cyclic N) is 1. The van der Waals surface area contributed by atoms with Crippen LogP contribution in [0, 0.1) is 30.1 Å². The fraction of sp³-hybridized carbons (Fsp3) is 0.500. The summed E-state index contributed by atoms with van der Waals surface area (Å²) in [4.78, 5) is 88.4. The zero-order valence-electron chi connectivity index (χ0n) is 40.3. The number of aromatic nitrogens is 4. The molecule has 0 radical (unpaired) electrons. The molecule has 3 aliphatic rings. The van der Waals surface area contributed by atoms with Gasteiger partial charge in [0.15, 0.2) is 5.78 Å². The van der Waals surface area contributed by atoms with Crippen LogP contribution in [0.5, 0.6) is 0 Å². The predicted molar refractivity (Wildman–Crippen MR) is 269 cm³/mol. The smallest absolute Gasteiger partial charge is 0.243 e. The van der Waals surface area contributed by atoms with E-state index in [9.17, 15) is 29.1 Å². The van der Waals surface area contributed by atoms with Crippen molar-refractivity contribution in [2.45, 2.75) is 142 Å². The maximum atomic E-state index is 14.1. The largest absolute Gasteiger partial charge is 0.391 e. The predicted octanol–water partition coefficient (Wildman–Crippen LogP) is 9.57. The summed E-state index contributed by atoms with van der Waals surface area (Å²) in [6.45, 7) is 8.10. The fourth-order valence-electron chi connectivity index (χ4n) is 9.80. The van der Waals surface area contributed by atoms with Gasteiger partial charge in [-0.05, 0) is 98.9 Å². The lowest BCUT2D eigenvalue weighted by atomic mass is 9.76. The number of amides is 2. The molecular formula is C54H66N8O6S. The first-order valence-electron chi connectivity index (χ1n) is 24.8. The quantitative estimate of drug-likeness (QED) is 0.0402. The maximum Gasteiger partial charge on any atom is 0.243 e. The SMILES string of the molecule is Cc1ncsc1-c1ccc(CNC(=O)[C@@H]2C[C@@H](O)CN2C(=O)[C@H](CC(=O)CCCCCC(=O)C2CCC(CC(=O)c3cnc(Nc4ccc5cnccc5n4)cc3NC3CC3)CC2)C(C)(C)C)cc1. The summed E-state index contributed by atoms with van der Waals surface area (Å²) in [5.41, 5.74) is 6.43. The highest BCUT2D eigenvalue weighted by molar-refractivity contribution is 7.13. The number of Topliss-reactive ketones (excluding diaryl/α,β-unsaturated/α-hetero) is 3. The van der Waals surface area contributed by atoms with Gasteiger partial charge in [0.25, 0.3) is 0 Å². The second kappa shape index (κ2) is 22.2. The monoisotopic (exact) mass is 954 g/mol. The van der Waals surface area contributed by atoms with Crippen molar-refractivity contribution in [1.82, 2.24) is 30.2 Å². The number of rotatable bonds is 21. The van der Waals surface area contributed by atoms with Gasteiger partial charge in [-0.2, -0.15) is 0 Å². The van der Waals surface area contributed by atoms with Crippen LogP contribution in [0.4, 0.5) is 17.3 Å². The number of likely N-dealkylation sites (tertiary alicyclic amines) is 1. The van der Waals surface area contributed by atoms with Gasteiger partial charge in [-0.25, -0.2) is 15.0 Å². The fourth-order valence-corrected chi connectivity index (χ4v) is 10.6. The lowest BCUT2D eigenvalue weighted by Gasteiger charge is -2.34. The van der Waals surface area contributed by atoms with Crippen LogP contribution in [-0.2, 0) is 25.7 Å². The number of anilines is 3. The van der Waals surface area contributed by atoms with Crippen LogP contribution < -0.4 is 16.0 Å². The van der Waals surface area contributed by atoms with Crippen molar-refractivity contribution >= 4 is 68.7 Å². The van der Waals surface area contributed by atoms with Crippen molar-refractivity contribution in [2.24, 2.45) is 23.2 Å². The van der Waals surface area contributed by atoms with E-state index in [2.05, 4.69) is 35.9 Å². The number of carbonyl (C=O) groups excluding carboxylic acids is 5. The van der Waals surface area contributed by atoms with Crippen molar-refractivity contribution in [3.05, 3.63) is 89.5 Å². The van der Waals surface area contributed by atoms with Crippen LogP contribution in [-0.4, -0.2) is 83.8 Å². The van der Waals surface area contributed by atoms with Gasteiger partial charge >= 0.3 is 0 Å². The van der Waals surface area contributed by atoms with Crippen LogP contribution in [0.25, 0.3) is 21.3 Å². The lowest BCUT2D eigenvalue weighted by Crippen LogP contribution is -2.50. The number of aryl methyl sites for hydroxylation is 1. The summed E-state index contributed by atoms with van der Waals surface area (Å²) in [5.74, 6) is 0.518. The second-order valence-corrected chi connectivity index (χ2v) is 21.4. The van der Waals surface area contributed by atoms with E-state index in [1.165, 1.54) is 4.90 Å². The van der Waals surface area contributed by atoms with Crippen LogP contribution in [0.2, 0.25) is 0 Å². The normalized spacial score (nSPS) is 19.8. The summed E-state index contributed by atoms with van der Waals surface area (Å²) >= 11 is 1.58. The number of thiazole rings is 1. The third-order valence-corrected chi connectivity index (χ3v) is 15.1. The van der Waals surface area contributed by atoms with E-state index in [1.807, 2.05) is 81.7 Å². The summed E-state index contributed by atoms with van der Waals surface area (Å²) in [7, 11) is 0. The summed E-state index contributed by atoms with van der Waals surface area (Å²) in [6.07, 6.45) is 13.1. The minimum Gasteiger partial charge on any atom is -0.391 e. The van der Waals surface area contributed by atoms with E-state index < -0.39 is 23.5 Å². The molecular weight excluding hydrogens is 889 g/mol. The number of ketones is 3. The van der Waals surface area contributed by atoms with Crippen molar-refractivity contribution in [1.29, 1.82) is 0 Å². The molecule has 1 saturated heterocycles. The van der Waals surface area contributed by atoms with E-state index in [4.69, 9.17) is 0 Å². The molecule has 4 N–H and O–H groups in total. The Morgan fingerprint density at radius 2 is 1.65 bits per heavy atom. The molecule has 364 valence electrons. The second-order valence-electron chi connectivity index (χ2n) is 20.5. The van der Waals surface area contributed by atoms with Gasteiger partial charge in [0.05, 0.1) is 39.0 Å². The first-order chi connectivity index (χ1) is 33.2. The molecule has 2 aliphatic carbocycles. The third kappa shape index (κ3) is 13.0. The van der Waals surface area contributed by atoms with Gasteiger partial charge in [-0.1, -0.05) is 51.5 Å². The molecule has 4 aromatic heterocycles. The molecule has 5 aromatic rings. The van der Waals surface area contributed by atoms with Crippen LogP contribution in [0.1, 0.15) is 132 Å². The number of fused-ring (bicyclic) bond motifs is 1. The zero-order chi connectivity index (χ0) is 48.7. The Morgan fingerprint density at radius 1 is 0.884 bits per heavy atom. The number of nitrogens with one attached hydrogen (secondary N) is 3. The molecule has 0 bridgehead atoms. The van der Waals surface area contributed by atoms with Gasteiger partial charge in [-0.3, -0.25) is 29.0 Å². The van der Waals surface area contributed by atoms with E-state index in [0.717, 1.165) is 83.2 Å². The minimum atomic E-state index is -0.831. The Bertz CT molecular complexity index is 2630. The van der Waals surface area contributed by atoms with Gasteiger partial charge in [-0.15, -0.1) is 11.3 Å². The van der Waals surface area contributed by atoms with E-state index in [-0.39, 0.29) is 66.9 Å². The van der Waals surface area contributed by atoms with E-state index in [0.29, 0.717) is 55.3 Å². The number of carbonyl (C=O) groups is 5. The molecule has 1 aliphatic heterocycles. The number of benzene rings is 1. The summed E-state index contributed by atoms with van der Waals surface area (Å²) in [6, 6.07) is 15.1. The van der Waals surface area contributed by atoms with Gasteiger partial charge in [0.2, 0.25) is 11.8 Å². The Hall–Kier alpha value is -5.93. The van der Waals surface area contributed by atoms with Crippen LogP contribution in [0.15, 0.2) is 72.6 Å². The number of aliphatic hydroxyl groups is 1. The Balaban J connectivity index is 0.747. The lowest BCUT2D eigenvalue weighted by molar-refractivity contribution is -0.146. The molecule has 69 heavy (non-hydrogen) atoms. The molecule has 5 heterocycles. The number of nitrogens with zero attached hydrogens (tertiary/aromatic N) is 5. The molecule has 0 unspecified atom stereocenters. The molecule has 14 nitrogen and oxygen atoms in total. The number of unbranched alkanes of at least 4 members (excludes halogenated alkanes) is 2. The molecule has 2 amide bonds. The van der Waals surface area contributed by atoms with E-state index >= 15 is 0 Å². The van der Waals surface area contributed by atoms with Gasteiger partial charge < -0.3 is 26.0 Å². The van der Waals surface area contributed by atoms with Crippen LogP contribution >= 0.6 is 11.3 Å². The van der Waals surface area contributed by atoms with Crippen molar-refractivity contribution in [3.63, 3.8) is 0 Å². The topological polar surface area (TPSA) is 196 Å². The minimum absolute atomic E-state index is 0.00362. The van der Waals surface area contributed by atoms with Crippen LogP contribution in [0.3, 0.4) is 0 Å². The first kappa shape index (κ1) is 49.5. The standard InChI is InChI=1S/C54H66N8O6S/c1-33-51(69-32-58-33)37-16-12-35(13-17-37)28-57-52(67)46-26-41(64)31-62(46)53(68)43(54(2,3)4)25-40(63)8-6-5-7-9-47(65)36-14-10-34(11-15-36)24-48(66)42-30-56-50(27-45(42)59-39-19-20-39)61-49-21-18-38-29-55-23-22-44(38)60-49/h12-13,16-18,21-23,27,29-30,32,34,36,39,41,43,46,64H,5-11,14-15,19-20,24-26,28,31H2,1-4H3,(H,57,67)(H2,56,59,60,61)/t34?,36?,41-,43+,46+/m1/s1. The summed E-state index contributed by atoms with van der Waals surface area (Å²) < 4.78 is 0. The van der Waals surface area contributed by atoms with E-state index in [1.54, 1.807) is 29.9 Å². The number of hydrogen-bond acceptors (Lipinski definition) is 13. The molecule has 0 spiro atoms.